The summed E-state index contributed by atoms with van der Waals surface area (Å²) in [4.78, 5) is 11.9. The van der Waals surface area contributed by atoms with E-state index in [0.29, 0.717) is 11.4 Å². The first-order valence-corrected chi connectivity index (χ1v) is 5.56. The number of aryl methyl sites for hydroxylation is 1. The van der Waals surface area contributed by atoms with Crippen LogP contribution in [0.25, 0.3) is 0 Å². The molecular formula is C12H14ClNO. The largest absolute Gasteiger partial charge is 0.384 e. The fraction of sp³-hybridized carbons (Fsp3) is 0.417. The molecule has 1 aromatic carbocycles. The molecule has 3 heteroatoms. The van der Waals surface area contributed by atoms with Gasteiger partial charge in [-0.3, -0.25) is 4.79 Å². The Labute approximate surface area is 94.6 Å². The summed E-state index contributed by atoms with van der Waals surface area (Å²) < 4.78 is 0. The molecule has 2 rings (SSSR count). The standard InChI is InChI=1S/C12H14ClNO/c1-7-6-9-11(8(2)12(7)13)10(15)4-3-5-14-9/h6,14H,3-5H2,1-2H3. The van der Waals surface area contributed by atoms with Crippen LogP contribution in [0.1, 0.15) is 34.3 Å². The Morgan fingerprint density at radius 1 is 1.40 bits per heavy atom. The van der Waals surface area contributed by atoms with Gasteiger partial charge in [-0.2, -0.15) is 0 Å². The van der Waals surface area contributed by atoms with Gasteiger partial charge >= 0.3 is 0 Å². The lowest BCUT2D eigenvalue weighted by atomic mass is 9.98. The highest BCUT2D eigenvalue weighted by molar-refractivity contribution is 6.33. The summed E-state index contributed by atoms with van der Waals surface area (Å²) in [5.41, 5.74) is 3.65. The molecule has 0 unspecified atom stereocenters. The summed E-state index contributed by atoms with van der Waals surface area (Å²) in [5.74, 6) is 0.203. The Morgan fingerprint density at radius 3 is 2.87 bits per heavy atom. The summed E-state index contributed by atoms with van der Waals surface area (Å²) in [6.07, 6.45) is 1.50. The number of carbonyl (C=O) groups is 1. The van der Waals surface area contributed by atoms with E-state index in [1.807, 2.05) is 19.9 Å². The van der Waals surface area contributed by atoms with Crippen molar-refractivity contribution in [3.8, 4) is 0 Å². The van der Waals surface area contributed by atoms with Crippen LogP contribution in [-0.2, 0) is 0 Å². The molecule has 1 N–H and O–H groups in total. The van der Waals surface area contributed by atoms with E-state index in [0.717, 1.165) is 35.3 Å². The normalized spacial score (nSPS) is 15.5. The number of benzene rings is 1. The number of Topliss-reactive ketones (excluding diaryl/α,β-unsaturated/α-hetero) is 1. The number of anilines is 1. The van der Waals surface area contributed by atoms with Gasteiger partial charge in [0.15, 0.2) is 5.78 Å². The molecule has 0 saturated carbocycles. The lowest BCUT2D eigenvalue weighted by Gasteiger charge is -2.13. The maximum atomic E-state index is 11.9. The zero-order valence-corrected chi connectivity index (χ0v) is 9.74. The van der Waals surface area contributed by atoms with Crippen LogP contribution >= 0.6 is 11.6 Å². The SMILES string of the molecule is Cc1cc2c(c(C)c1Cl)C(=O)CCCN2. The molecule has 0 aliphatic carbocycles. The maximum Gasteiger partial charge on any atom is 0.165 e. The zero-order chi connectivity index (χ0) is 11.0. The summed E-state index contributed by atoms with van der Waals surface area (Å²) in [6.45, 7) is 4.74. The summed E-state index contributed by atoms with van der Waals surface area (Å²) in [5, 5.41) is 4.00. The average Bonchev–Trinajstić information content (AvgIpc) is 2.37. The molecule has 0 bridgehead atoms. The predicted molar refractivity (Wildman–Crippen MR) is 63.0 cm³/mol. The monoisotopic (exact) mass is 223 g/mol. The van der Waals surface area contributed by atoms with E-state index in [4.69, 9.17) is 11.6 Å². The third-order valence-corrected chi connectivity index (χ3v) is 3.44. The second kappa shape index (κ2) is 3.86. The molecule has 0 aromatic heterocycles. The smallest absolute Gasteiger partial charge is 0.165 e. The second-order valence-corrected chi connectivity index (χ2v) is 4.39. The van der Waals surface area contributed by atoms with Crippen molar-refractivity contribution >= 4 is 23.1 Å². The van der Waals surface area contributed by atoms with E-state index in [9.17, 15) is 4.79 Å². The van der Waals surface area contributed by atoms with Gasteiger partial charge in [0.2, 0.25) is 0 Å². The van der Waals surface area contributed by atoms with Gasteiger partial charge in [-0.25, -0.2) is 0 Å². The molecule has 1 aromatic rings. The number of fused-ring (bicyclic) bond motifs is 1. The molecule has 0 fully saturated rings. The molecule has 15 heavy (non-hydrogen) atoms. The van der Waals surface area contributed by atoms with E-state index in [1.54, 1.807) is 0 Å². The van der Waals surface area contributed by atoms with Crippen LogP contribution in [0.3, 0.4) is 0 Å². The molecule has 0 saturated heterocycles. The van der Waals surface area contributed by atoms with Crippen molar-refractivity contribution in [3.05, 3.63) is 27.8 Å². The highest BCUT2D eigenvalue weighted by Crippen LogP contribution is 2.32. The average molecular weight is 224 g/mol. The van der Waals surface area contributed by atoms with Gasteiger partial charge in [-0.15, -0.1) is 0 Å². The van der Waals surface area contributed by atoms with E-state index in [1.165, 1.54) is 0 Å². The lowest BCUT2D eigenvalue weighted by molar-refractivity contribution is 0.0983. The first-order valence-electron chi connectivity index (χ1n) is 5.18. The summed E-state index contributed by atoms with van der Waals surface area (Å²) in [7, 11) is 0. The highest BCUT2D eigenvalue weighted by atomic mass is 35.5. The molecule has 1 aliphatic rings. The van der Waals surface area contributed by atoms with Gasteiger partial charge in [0.1, 0.15) is 0 Å². The minimum atomic E-state index is 0.203. The minimum absolute atomic E-state index is 0.203. The van der Waals surface area contributed by atoms with Gasteiger partial charge in [-0.1, -0.05) is 11.6 Å². The Hall–Kier alpha value is -1.02. The summed E-state index contributed by atoms with van der Waals surface area (Å²) >= 11 is 6.15. The van der Waals surface area contributed by atoms with Gasteiger partial charge in [0.05, 0.1) is 0 Å². The van der Waals surface area contributed by atoms with E-state index in [-0.39, 0.29) is 5.78 Å². The Balaban J connectivity index is 2.66. The van der Waals surface area contributed by atoms with E-state index >= 15 is 0 Å². The number of carbonyl (C=O) groups excluding carboxylic acids is 1. The molecule has 0 spiro atoms. The molecule has 1 aliphatic heterocycles. The number of halogens is 1. The highest BCUT2D eigenvalue weighted by Gasteiger charge is 2.20. The topological polar surface area (TPSA) is 29.1 Å². The Bertz CT molecular complexity index is 426. The van der Waals surface area contributed by atoms with Crippen molar-refractivity contribution in [1.29, 1.82) is 0 Å². The first-order chi connectivity index (χ1) is 7.11. The van der Waals surface area contributed by atoms with Crippen LogP contribution in [0.5, 0.6) is 0 Å². The molecule has 0 amide bonds. The number of ketones is 1. The minimum Gasteiger partial charge on any atom is -0.384 e. The van der Waals surface area contributed by atoms with Crippen LogP contribution < -0.4 is 5.32 Å². The van der Waals surface area contributed by atoms with Crippen LogP contribution in [0.4, 0.5) is 5.69 Å². The number of rotatable bonds is 0. The van der Waals surface area contributed by atoms with Gasteiger partial charge in [0, 0.05) is 29.2 Å². The van der Waals surface area contributed by atoms with Crippen molar-refractivity contribution in [2.24, 2.45) is 0 Å². The van der Waals surface area contributed by atoms with Crippen LogP contribution in [0, 0.1) is 13.8 Å². The molecule has 1 heterocycles. The van der Waals surface area contributed by atoms with Crippen molar-refractivity contribution in [2.45, 2.75) is 26.7 Å². The fourth-order valence-electron chi connectivity index (χ4n) is 2.06. The molecular weight excluding hydrogens is 210 g/mol. The van der Waals surface area contributed by atoms with Crippen LogP contribution in [0.15, 0.2) is 6.07 Å². The zero-order valence-electron chi connectivity index (χ0n) is 8.98. The molecule has 80 valence electrons. The maximum absolute atomic E-state index is 11.9. The molecule has 0 atom stereocenters. The quantitative estimate of drug-likeness (QED) is 0.731. The number of hydrogen-bond donors (Lipinski definition) is 1. The van der Waals surface area contributed by atoms with Crippen LogP contribution in [-0.4, -0.2) is 12.3 Å². The first kappa shape index (κ1) is 10.5. The van der Waals surface area contributed by atoms with Crippen molar-refractivity contribution in [1.82, 2.24) is 0 Å². The van der Waals surface area contributed by atoms with Gasteiger partial charge < -0.3 is 5.32 Å². The van der Waals surface area contributed by atoms with Crippen molar-refractivity contribution in [2.75, 3.05) is 11.9 Å². The molecule has 0 radical (unpaired) electrons. The third kappa shape index (κ3) is 1.74. The predicted octanol–water partition coefficient (Wildman–Crippen LogP) is 3.35. The third-order valence-electron chi connectivity index (χ3n) is 2.86. The Morgan fingerprint density at radius 2 is 2.13 bits per heavy atom. The number of nitrogens with one attached hydrogen (secondary N) is 1. The van der Waals surface area contributed by atoms with E-state index < -0.39 is 0 Å². The summed E-state index contributed by atoms with van der Waals surface area (Å²) in [6, 6.07) is 1.97. The van der Waals surface area contributed by atoms with Crippen LogP contribution in [0.2, 0.25) is 5.02 Å². The van der Waals surface area contributed by atoms with E-state index in [2.05, 4.69) is 5.32 Å². The van der Waals surface area contributed by atoms with Crippen molar-refractivity contribution in [3.63, 3.8) is 0 Å². The van der Waals surface area contributed by atoms with Gasteiger partial charge in [0.25, 0.3) is 0 Å². The number of hydrogen-bond acceptors (Lipinski definition) is 2. The fourth-order valence-corrected chi connectivity index (χ4v) is 2.20. The second-order valence-electron chi connectivity index (χ2n) is 4.01. The van der Waals surface area contributed by atoms with Gasteiger partial charge in [-0.05, 0) is 37.5 Å². The Kier molecular flexibility index (Phi) is 2.70. The van der Waals surface area contributed by atoms with Crippen molar-refractivity contribution < 1.29 is 4.79 Å². The molecule has 2 nitrogen and oxygen atoms in total. The lowest BCUT2D eigenvalue weighted by Crippen LogP contribution is -2.04.